The molecule has 0 aliphatic rings. The lowest BCUT2D eigenvalue weighted by atomic mass is 10.0. The molecule has 0 saturated carbocycles. The molecule has 0 radical (unpaired) electrons. The van der Waals surface area contributed by atoms with Crippen molar-refractivity contribution in [2.45, 2.75) is 47.7 Å². The summed E-state index contributed by atoms with van der Waals surface area (Å²) in [6.45, 7) is 13.0. The van der Waals surface area contributed by atoms with Gasteiger partial charge in [0.25, 0.3) is 0 Å². The van der Waals surface area contributed by atoms with E-state index in [9.17, 15) is 0 Å². The van der Waals surface area contributed by atoms with Gasteiger partial charge in [-0.15, -0.1) is 0 Å². The van der Waals surface area contributed by atoms with Gasteiger partial charge in [-0.1, -0.05) is 65.7 Å². The van der Waals surface area contributed by atoms with Gasteiger partial charge in [-0.2, -0.15) is 0 Å². The van der Waals surface area contributed by atoms with Crippen molar-refractivity contribution in [3.63, 3.8) is 0 Å². The Labute approximate surface area is 163 Å². The van der Waals surface area contributed by atoms with Crippen molar-refractivity contribution in [1.82, 2.24) is 0 Å². The number of hydrogen-bond acceptors (Lipinski definition) is 2. The van der Waals surface area contributed by atoms with Crippen LogP contribution in [0.5, 0.6) is 0 Å². The number of hydrogen-bond donors (Lipinski definition) is 2. The Morgan fingerprint density at radius 3 is 1.30 bits per heavy atom. The van der Waals surface area contributed by atoms with E-state index < -0.39 is 0 Å². The van der Waals surface area contributed by atoms with Gasteiger partial charge in [0.15, 0.2) is 0 Å². The van der Waals surface area contributed by atoms with E-state index in [4.69, 9.17) is 0 Å². The summed E-state index contributed by atoms with van der Waals surface area (Å²) < 4.78 is 0. The minimum atomic E-state index is -0.00795. The molecule has 2 nitrogen and oxygen atoms in total. The van der Waals surface area contributed by atoms with E-state index >= 15 is 0 Å². The van der Waals surface area contributed by atoms with Gasteiger partial charge >= 0.3 is 0 Å². The third-order valence-electron chi connectivity index (χ3n) is 5.06. The average molecular weight is 359 g/mol. The van der Waals surface area contributed by atoms with E-state index in [2.05, 4.69) is 107 Å². The normalized spacial score (nSPS) is 10.9. The van der Waals surface area contributed by atoms with Crippen LogP contribution in [0.1, 0.15) is 45.1 Å². The van der Waals surface area contributed by atoms with Gasteiger partial charge in [0.05, 0.1) is 0 Å². The summed E-state index contributed by atoms with van der Waals surface area (Å²) in [4.78, 5) is 0. The first-order chi connectivity index (χ1) is 12.8. The van der Waals surface area contributed by atoms with E-state index in [0.717, 1.165) is 0 Å². The maximum atomic E-state index is 3.77. The quantitative estimate of drug-likeness (QED) is 0.492. The molecule has 0 bridgehead atoms. The van der Waals surface area contributed by atoms with Crippen LogP contribution in [0, 0.1) is 41.5 Å². The second-order valence-electron chi connectivity index (χ2n) is 7.68. The smallest absolute Gasteiger partial charge is 0.123 e. The van der Waals surface area contributed by atoms with Crippen LogP contribution in [0.2, 0.25) is 0 Å². The molecule has 3 aromatic carbocycles. The van der Waals surface area contributed by atoms with Crippen molar-refractivity contribution >= 4 is 11.4 Å². The summed E-state index contributed by atoms with van der Waals surface area (Å²) in [5, 5.41) is 7.53. The Morgan fingerprint density at radius 1 is 0.556 bits per heavy atom. The molecule has 27 heavy (non-hydrogen) atoms. The average Bonchev–Trinajstić information content (AvgIpc) is 2.59. The van der Waals surface area contributed by atoms with Gasteiger partial charge in [0, 0.05) is 11.4 Å². The van der Waals surface area contributed by atoms with E-state index in [1.165, 1.54) is 50.3 Å². The standard InChI is InChI=1S/C25H30N2/c1-16-12-18(3)23(19(4)13-16)26-25(22-10-8-7-9-11-22)27-24-20(5)14-17(2)15-21(24)6/h7-15,25-27H,1-6H3. The molecular weight excluding hydrogens is 328 g/mol. The summed E-state index contributed by atoms with van der Waals surface area (Å²) >= 11 is 0. The number of nitrogens with one attached hydrogen (secondary N) is 2. The Kier molecular flexibility index (Phi) is 5.55. The molecule has 0 amide bonds. The molecular formula is C25H30N2. The van der Waals surface area contributed by atoms with Gasteiger partial charge < -0.3 is 10.6 Å². The fraction of sp³-hybridized carbons (Fsp3) is 0.280. The first kappa shape index (κ1) is 19.0. The zero-order chi connectivity index (χ0) is 19.6. The number of benzene rings is 3. The Morgan fingerprint density at radius 2 is 0.926 bits per heavy atom. The predicted octanol–water partition coefficient (Wildman–Crippen LogP) is 6.76. The molecule has 0 heterocycles. The van der Waals surface area contributed by atoms with E-state index in [0.29, 0.717) is 0 Å². The zero-order valence-corrected chi connectivity index (χ0v) is 17.3. The van der Waals surface area contributed by atoms with Crippen LogP contribution in [0.4, 0.5) is 11.4 Å². The molecule has 0 aliphatic carbocycles. The van der Waals surface area contributed by atoms with Crippen molar-refractivity contribution in [3.05, 3.63) is 93.5 Å². The Hall–Kier alpha value is -2.74. The highest BCUT2D eigenvalue weighted by Crippen LogP contribution is 2.30. The third-order valence-corrected chi connectivity index (χ3v) is 5.06. The predicted molar refractivity (Wildman–Crippen MR) is 118 cm³/mol. The summed E-state index contributed by atoms with van der Waals surface area (Å²) in [5.41, 5.74) is 11.3. The van der Waals surface area contributed by atoms with Crippen LogP contribution in [0.3, 0.4) is 0 Å². The summed E-state index contributed by atoms with van der Waals surface area (Å²) in [5.74, 6) is 0. The lowest BCUT2D eigenvalue weighted by Gasteiger charge is -2.27. The van der Waals surface area contributed by atoms with Gasteiger partial charge in [0.2, 0.25) is 0 Å². The third kappa shape index (κ3) is 4.33. The van der Waals surface area contributed by atoms with E-state index in [1.807, 2.05) is 0 Å². The molecule has 2 heteroatoms. The Balaban J connectivity index is 2.01. The van der Waals surface area contributed by atoms with Gasteiger partial charge in [-0.25, -0.2) is 0 Å². The zero-order valence-electron chi connectivity index (χ0n) is 17.3. The molecule has 0 saturated heterocycles. The van der Waals surface area contributed by atoms with E-state index in [1.54, 1.807) is 0 Å². The summed E-state index contributed by atoms with van der Waals surface area (Å²) in [6.07, 6.45) is -0.00795. The van der Waals surface area contributed by atoms with Crippen LogP contribution >= 0.6 is 0 Å². The maximum absolute atomic E-state index is 3.77. The minimum Gasteiger partial charge on any atom is -0.361 e. The van der Waals surface area contributed by atoms with Crippen LogP contribution in [-0.2, 0) is 0 Å². The molecule has 2 N–H and O–H groups in total. The van der Waals surface area contributed by atoms with Crippen molar-refractivity contribution in [2.75, 3.05) is 10.6 Å². The topological polar surface area (TPSA) is 24.1 Å². The van der Waals surface area contributed by atoms with Crippen LogP contribution in [0.25, 0.3) is 0 Å². The monoisotopic (exact) mass is 358 g/mol. The summed E-state index contributed by atoms with van der Waals surface area (Å²) in [7, 11) is 0. The number of rotatable bonds is 5. The molecule has 0 aromatic heterocycles. The lowest BCUT2D eigenvalue weighted by Crippen LogP contribution is -2.22. The first-order valence-electron chi connectivity index (χ1n) is 9.59. The van der Waals surface area contributed by atoms with Crippen LogP contribution < -0.4 is 10.6 Å². The molecule has 0 aliphatic heterocycles. The van der Waals surface area contributed by atoms with Crippen molar-refractivity contribution in [1.29, 1.82) is 0 Å². The van der Waals surface area contributed by atoms with Crippen LogP contribution in [0.15, 0.2) is 54.6 Å². The highest BCUT2D eigenvalue weighted by molar-refractivity contribution is 5.63. The molecule has 0 atom stereocenters. The molecule has 0 spiro atoms. The van der Waals surface area contributed by atoms with E-state index in [-0.39, 0.29) is 6.17 Å². The minimum absolute atomic E-state index is 0.00795. The van der Waals surface area contributed by atoms with Crippen molar-refractivity contribution < 1.29 is 0 Å². The highest BCUT2D eigenvalue weighted by atomic mass is 15.1. The molecule has 3 aromatic rings. The van der Waals surface area contributed by atoms with Gasteiger partial charge in [-0.3, -0.25) is 0 Å². The fourth-order valence-corrected chi connectivity index (χ4v) is 3.95. The first-order valence-corrected chi connectivity index (χ1v) is 9.59. The second kappa shape index (κ2) is 7.87. The molecule has 140 valence electrons. The maximum Gasteiger partial charge on any atom is 0.123 e. The molecule has 0 unspecified atom stereocenters. The largest absolute Gasteiger partial charge is 0.361 e. The lowest BCUT2D eigenvalue weighted by molar-refractivity contribution is 0.892. The SMILES string of the molecule is Cc1cc(C)c(NC(Nc2c(C)cc(C)cc2C)c2ccccc2)c(C)c1. The van der Waals surface area contributed by atoms with Crippen LogP contribution in [-0.4, -0.2) is 0 Å². The Bertz CT molecular complexity index is 836. The number of anilines is 2. The number of aryl methyl sites for hydroxylation is 6. The highest BCUT2D eigenvalue weighted by Gasteiger charge is 2.16. The van der Waals surface area contributed by atoms with Gasteiger partial charge in [-0.05, 0) is 69.4 Å². The second-order valence-corrected chi connectivity index (χ2v) is 7.68. The molecule has 0 fully saturated rings. The van der Waals surface area contributed by atoms with Gasteiger partial charge in [0.1, 0.15) is 6.17 Å². The molecule has 3 rings (SSSR count). The van der Waals surface area contributed by atoms with Crippen molar-refractivity contribution in [3.8, 4) is 0 Å². The summed E-state index contributed by atoms with van der Waals surface area (Å²) in [6, 6.07) is 19.5. The fourth-order valence-electron chi connectivity index (χ4n) is 3.95. The van der Waals surface area contributed by atoms with Crippen molar-refractivity contribution in [2.24, 2.45) is 0 Å².